The van der Waals surface area contributed by atoms with E-state index in [0.29, 0.717) is 11.0 Å². The molecule has 19 heavy (non-hydrogen) atoms. The third-order valence-electron chi connectivity index (χ3n) is 2.87. The van der Waals surface area contributed by atoms with Crippen LogP contribution in [0.3, 0.4) is 0 Å². The molecule has 0 aliphatic carbocycles. The van der Waals surface area contributed by atoms with E-state index < -0.39 is 0 Å². The van der Waals surface area contributed by atoms with Crippen molar-refractivity contribution in [3.8, 4) is 0 Å². The van der Waals surface area contributed by atoms with E-state index in [9.17, 15) is 4.79 Å². The highest BCUT2D eigenvalue weighted by molar-refractivity contribution is 9.10. The van der Waals surface area contributed by atoms with Gasteiger partial charge in [-0.15, -0.1) is 0 Å². The second kappa shape index (κ2) is 6.53. The molecule has 0 atom stereocenters. The number of nitrogens with zero attached hydrogens (tertiary/aromatic N) is 1. The van der Waals surface area contributed by atoms with Crippen LogP contribution in [-0.2, 0) is 6.54 Å². The molecule has 3 heteroatoms. The lowest BCUT2D eigenvalue weighted by molar-refractivity contribution is 0.746. The summed E-state index contributed by atoms with van der Waals surface area (Å²) in [7, 11) is 0. The Balaban J connectivity index is 2.45. The van der Waals surface area contributed by atoms with Gasteiger partial charge < -0.3 is 4.57 Å². The van der Waals surface area contributed by atoms with Gasteiger partial charge in [-0.25, -0.2) is 0 Å². The van der Waals surface area contributed by atoms with Gasteiger partial charge in [0, 0.05) is 5.69 Å². The highest BCUT2D eigenvalue weighted by atomic mass is 79.9. The maximum atomic E-state index is 12.2. The van der Waals surface area contributed by atoms with E-state index in [1.807, 2.05) is 42.5 Å². The monoisotopic (exact) mass is 317 g/mol. The Morgan fingerprint density at radius 1 is 1.16 bits per heavy atom. The molecule has 0 bridgehead atoms. The molecule has 0 fully saturated rings. The van der Waals surface area contributed by atoms with Crippen LogP contribution in [0.2, 0.25) is 0 Å². The fraction of sp³-hybridized carbons (Fsp3) is 0.188. The summed E-state index contributed by atoms with van der Waals surface area (Å²) in [6.07, 6.45) is 5.01. The summed E-state index contributed by atoms with van der Waals surface area (Å²) < 4.78 is 2.38. The van der Waals surface area contributed by atoms with Crippen molar-refractivity contribution in [2.75, 3.05) is 0 Å². The lowest BCUT2D eigenvalue weighted by atomic mass is 10.2. The molecule has 1 aromatic heterocycles. The summed E-state index contributed by atoms with van der Waals surface area (Å²) in [6.45, 7) is 2.66. The largest absolute Gasteiger partial charge is 0.304 e. The van der Waals surface area contributed by atoms with E-state index >= 15 is 0 Å². The van der Waals surface area contributed by atoms with Crippen LogP contribution in [0.4, 0.5) is 0 Å². The Kier molecular flexibility index (Phi) is 4.74. The summed E-state index contributed by atoms with van der Waals surface area (Å²) in [5.74, 6) is 0. The Bertz CT molecular complexity index is 629. The Morgan fingerprint density at radius 2 is 1.89 bits per heavy atom. The van der Waals surface area contributed by atoms with Crippen LogP contribution in [0.15, 0.2) is 57.8 Å². The number of aromatic nitrogens is 1. The van der Waals surface area contributed by atoms with Crippen LogP contribution in [0.5, 0.6) is 0 Å². The molecule has 0 radical (unpaired) electrons. The van der Waals surface area contributed by atoms with Gasteiger partial charge in [-0.05, 0) is 46.1 Å². The van der Waals surface area contributed by atoms with Crippen LogP contribution in [-0.4, -0.2) is 4.57 Å². The van der Waals surface area contributed by atoms with E-state index in [-0.39, 0.29) is 5.56 Å². The predicted molar refractivity (Wildman–Crippen MR) is 83.3 cm³/mol. The number of rotatable bonds is 4. The van der Waals surface area contributed by atoms with E-state index in [2.05, 4.69) is 28.9 Å². The summed E-state index contributed by atoms with van der Waals surface area (Å²) in [5, 5.41) is 0. The lowest BCUT2D eigenvalue weighted by Gasteiger charge is -2.11. The average Bonchev–Trinajstić information content (AvgIpc) is 2.44. The van der Waals surface area contributed by atoms with Crippen LogP contribution in [0, 0.1) is 0 Å². The fourth-order valence-electron chi connectivity index (χ4n) is 1.88. The molecule has 98 valence electrons. The maximum Gasteiger partial charge on any atom is 0.265 e. The van der Waals surface area contributed by atoms with Gasteiger partial charge in [0.2, 0.25) is 0 Å². The van der Waals surface area contributed by atoms with E-state index in [0.717, 1.165) is 17.7 Å². The van der Waals surface area contributed by atoms with Crippen LogP contribution in [0.1, 0.15) is 24.6 Å². The molecule has 2 aromatic rings. The third-order valence-corrected chi connectivity index (χ3v) is 3.47. The first-order chi connectivity index (χ1) is 9.22. The molecule has 1 heterocycles. The second-order valence-corrected chi connectivity index (χ2v) is 5.15. The number of pyridine rings is 1. The first-order valence-corrected chi connectivity index (χ1v) is 7.11. The third kappa shape index (κ3) is 3.44. The van der Waals surface area contributed by atoms with Crippen molar-refractivity contribution in [1.29, 1.82) is 0 Å². The number of allylic oxidation sites excluding steroid dienone is 1. The fourth-order valence-corrected chi connectivity index (χ4v) is 2.23. The highest BCUT2D eigenvalue weighted by Crippen LogP contribution is 2.10. The molecule has 0 spiro atoms. The van der Waals surface area contributed by atoms with Gasteiger partial charge in [-0.3, -0.25) is 4.79 Å². The Labute approximate surface area is 121 Å². The van der Waals surface area contributed by atoms with Crippen molar-refractivity contribution in [2.45, 2.75) is 19.9 Å². The minimum atomic E-state index is 0.00195. The highest BCUT2D eigenvalue weighted by Gasteiger charge is 2.05. The van der Waals surface area contributed by atoms with Crippen LogP contribution in [0.25, 0.3) is 6.08 Å². The molecule has 0 saturated carbocycles. The zero-order valence-corrected chi connectivity index (χ0v) is 12.4. The van der Waals surface area contributed by atoms with Crippen molar-refractivity contribution >= 4 is 22.0 Å². The Hall–Kier alpha value is -1.61. The summed E-state index contributed by atoms with van der Waals surface area (Å²) in [4.78, 5) is 12.2. The van der Waals surface area contributed by atoms with E-state index in [4.69, 9.17) is 0 Å². The van der Waals surface area contributed by atoms with Crippen molar-refractivity contribution in [2.24, 2.45) is 0 Å². The molecule has 2 rings (SSSR count). The minimum absolute atomic E-state index is 0.00195. The first kappa shape index (κ1) is 13.8. The molecule has 0 N–H and O–H groups in total. The predicted octanol–water partition coefficient (Wildman–Crippen LogP) is 4.08. The van der Waals surface area contributed by atoms with Crippen LogP contribution < -0.4 is 5.56 Å². The molecule has 0 amide bonds. The molecule has 0 saturated heterocycles. The van der Waals surface area contributed by atoms with Gasteiger partial charge in [0.05, 0.1) is 11.0 Å². The zero-order chi connectivity index (χ0) is 13.7. The molecular weight excluding hydrogens is 302 g/mol. The topological polar surface area (TPSA) is 22.0 Å². The molecular formula is C16H16BrNO. The van der Waals surface area contributed by atoms with E-state index in [1.54, 1.807) is 10.6 Å². The maximum absolute atomic E-state index is 12.2. The standard InChI is InChI=1S/C16H16BrNO/c1-2-3-9-14-10-11-15(17)16(19)18(14)12-13-7-5-4-6-8-13/h3-11H,2,12H2,1H3. The van der Waals surface area contributed by atoms with E-state index in [1.165, 1.54) is 0 Å². The molecule has 1 aromatic carbocycles. The Morgan fingerprint density at radius 3 is 2.58 bits per heavy atom. The number of hydrogen-bond donors (Lipinski definition) is 0. The molecule has 0 aliphatic heterocycles. The summed E-state index contributed by atoms with van der Waals surface area (Å²) in [5.41, 5.74) is 2.05. The number of halogens is 1. The zero-order valence-electron chi connectivity index (χ0n) is 10.8. The minimum Gasteiger partial charge on any atom is -0.304 e. The quantitative estimate of drug-likeness (QED) is 0.832. The SMILES string of the molecule is CCC=Cc1ccc(Br)c(=O)n1Cc1ccccc1. The molecule has 0 aliphatic rings. The lowest BCUT2D eigenvalue weighted by Crippen LogP contribution is -2.23. The van der Waals surface area contributed by atoms with Gasteiger partial charge in [-0.1, -0.05) is 43.3 Å². The van der Waals surface area contributed by atoms with Gasteiger partial charge in [-0.2, -0.15) is 0 Å². The first-order valence-electron chi connectivity index (χ1n) is 6.32. The number of hydrogen-bond acceptors (Lipinski definition) is 1. The summed E-state index contributed by atoms with van der Waals surface area (Å²) in [6, 6.07) is 13.8. The second-order valence-electron chi connectivity index (χ2n) is 4.29. The van der Waals surface area contributed by atoms with Crippen LogP contribution >= 0.6 is 15.9 Å². The van der Waals surface area contributed by atoms with Gasteiger partial charge in [0.15, 0.2) is 0 Å². The smallest absolute Gasteiger partial charge is 0.265 e. The number of benzene rings is 1. The summed E-state index contributed by atoms with van der Waals surface area (Å²) >= 11 is 3.30. The van der Waals surface area contributed by atoms with Crippen molar-refractivity contribution in [3.05, 3.63) is 74.6 Å². The normalized spacial score (nSPS) is 11.1. The van der Waals surface area contributed by atoms with Crippen molar-refractivity contribution in [3.63, 3.8) is 0 Å². The van der Waals surface area contributed by atoms with Gasteiger partial charge in [0.1, 0.15) is 0 Å². The van der Waals surface area contributed by atoms with Gasteiger partial charge in [0.25, 0.3) is 5.56 Å². The van der Waals surface area contributed by atoms with Gasteiger partial charge >= 0.3 is 0 Å². The van der Waals surface area contributed by atoms with Crippen molar-refractivity contribution < 1.29 is 0 Å². The molecule has 0 unspecified atom stereocenters. The average molecular weight is 318 g/mol. The van der Waals surface area contributed by atoms with Crippen molar-refractivity contribution in [1.82, 2.24) is 4.57 Å². The molecule has 2 nitrogen and oxygen atoms in total.